The van der Waals surface area contributed by atoms with E-state index >= 15 is 0 Å². The fourth-order valence-corrected chi connectivity index (χ4v) is 4.12. The van der Waals surface area contributed by atoms with Crippen LogP contribution in [0, 0.1) is 0 Å². The molecule has 1 aromatic carbocycles. The third-order valence-corrected chi connectivity index (χ3v) is 5.79. The summed E-state index contributed by atoms with van der Waals surface area (Å²) in [6.45, 7) is 12.9. The van der Waals surface area contributed by atoms with Crippen LogP contribution in [0.5, 0.6) is 0 Å². The number of amides is 1. The highest BCUT2D eigenvalue weighted by Crippen LogP contribution is 2.42. The van der Waals surface area contributed by atoms with E-state index in [9.17, 15) is 4.79 Å². The summed E-state index contributed by atoms with van der Waals surface area (Å²) in [5.41, 5.74) is 3.36. The maximum absolute atomic E-state index is 12.6. The first-order valence-electron chi connectivity index (χ1n) is 10.0. The highest BCUT2D eigenvalue weighted by Gasteiger charge is 2.42. The Bertz CT molecular complexity index is 978. The van der Waals surface area contributed by atoms with Crippen LogP contribution in [0.25, 0.3) is 11.4 Å². The van der Waals surface area contributed by atoms with Crippen molar-refractivity contribution in [3.63, 3.8) is 0 Å². The Morgan fingerprint density at radius 1 is 1.34 bits per heavy atom. The van der Waals surface area contributed by atoms with Crippen molar-refractivity contribution in [1.82, 2.24) is 19.7 Å². The molecular formula is C22H29N5O2. The molecule has 0 radical (unpaired) electrons. The first-order chi connectivity index (χ1) is 13.7. The van der Waals surface area contributed by atoms with Gasteiger partial charge >= 0.3 is 0 Å². The average Bonchev–Trinajstić information content (AvgIpc) is 3.15. The van der Waals surface area contributed by atoms with Crippen LogP contribution in [0.2, 0.25) is 0 Å². The standard InChI is InChI=1S/C22H29N5O2/c1-14(2)12-27-20(23-19(24-27)18-13-25(5)9-10-29-18)15-7-8-17-16(11-15)22(3,4)21(28)26(17)6/h7-8,11,18H,1,9-10,12-13H2,2-6H3. The van der Waals surface area contributed by atoms with Gasteiger partial charge in [0.1, 0.15) is 6.10 Å². The van der Waals surface area contributed by atoms with E-state index in [1.807, 2.05) is 44.6 Å². The van der Waals surface area contributed by atoms with E-state index in [4.69, 9.17) is 14.8 Å². The van der Waals surface area contributed by atoms with Crippen molar-refractivity contribution in [3.05, 3.63) is 41.7 Å². The first-order valence-corrected chi connectivity index (χ1v) is 10.0. The van der Waals surface area contributed by atoms with Gasteiger partial charge in [-0.15, -0.1) is 0 Å². The average molecular weight is 396 g/mol. The van der Waals surface area contributed by atoms with Crippen LogP contribution in [-0.2, 0) is 21.5 Å². The van der Waals surface area contributed by atoms with Crippen molar-refractivity contribution in [2.24, 2.45) is 0 Å². The minimum Gasteiger partial charge on any atom is -0.367 e. The minimum absolute atomic E-state index is 0.104. The number of ether oxygens (including phenoxy) is 1. The molecule has 0 saturated carbocycles. The van der Waals surface area contributed by atoms with Crippen molar-refractivity contribution < 1.29 is 9.53 Å². The molecule has 2 aliphatic heterocycles. The number of benzene rings is 1. The molecule has 0 N–H and O–H groups in total. The number of anilines is 1. The number of hydrogen-bond donors (Lipinski definition) is 0. The Kier molecular flexibility index (Phi) is 4.83. The summed E-state index contributed by atoms with van der Waals surface area (Å²) in [5.74, 6) is 1.58. The molecule has 1 aromatic heterocycles. The van der Waals surface area contributed by atoms with Crippen molar-refractivity contribution in [2.75, 3.05) is 38.7 Å². The van der Waals surface area contributed by atoms with E-state index in [1.165, 1.54) is 0 Å². The maximum atomic E-state index is 12.6. The van der Waals surface area contributed by atoms with Crippen LogP contribution in [0.15, 0.2) is 30.4 Å². The van der Waals surface area contributed by atoms with Crippen LogP contribution in [0.1, 0.15) is 38.3 Å². The molecule has 3 heterocycles. The number of carbonyl (C=O) groups excluding carboxylic acids is 1. The molecule has 1 atom stereocenters. The number of rotatable bonds is 4. The number of hydrogen-bond acceptors (Lipinski definition) is 5. The predicted octanol–water partition coefficient (Wildman–Crippen LogP) is 2.78. The maximum Gasteiger partial charge on any atom is 0.236 e. The highest BCUT2D eigenvalue weighted by atomic mass is 16.5. The Hall–Kier alpha value is -2.51. The van der Waals surface area contributed by atoms with Crippen LogP contribution < -0.4 is 4.90 Å². The Morgan fingerprint density at radius 2 is 2.10 bits per heavy atom. The van der Waals surface area contributed by atoms with Crippen molar-refractivity contribution >= 4 is 11.6 Å². The molecular weight excluding hydrogens is 366 g/mol. The number of morpholine rings is 1. The minimum atomic E-state index is -0.558. The third-order valence-electron chi connectivity index (χ3n) is 5.79. The van der Waals surface area contributed by atoms with Gasteiger partial charge in [-0.1, -0.05) is 12.2 Å². The molecule has 0 spiro atoms. The topological polar surface area (TPSA) is 63.5 Å². The molecule has 1 fully saturated rings. The molecule has 4 rings (SSSR count). The summed E-state index contributed by atoms with van der Waals surface area (Å²) in [6, 6.07) is 6.09. The van der Waals surface area contributed by atoms with Crippen molar-refractivity contribution in [3.8, 4) is 11.4 Å². The molecule has 1 amide bonds. The van der Waals surface area contributed by atoms with Crippen molar-refractivity contribution in [2.45, 2.75) is 38.8 Å². The number of aromatic nitrogens is 3. The Morgan fingerprint density at radius 3 is 2.79 bits per heavy atom. The van der Waals surface area contributed by atoms with Crippen LogP contribution >= 0.6 is 0 Å². The summed E-state index contributed by atoms with van der Waals surface area (Å²) in [6.07, 6.45) is -0.141. The molecule has 2 aromatic rings. The number of fused-ring (bicyclic) bond motifs is 1. The van der Waals surface area contributed by atoms with Gasteiger partial charge < -0.3 is 14.5 Å². The molecule has 2 aliphatic rings. The highest BCUT2D eigenvalue weighted by molar-refractivity contribution is 6.07. The number of likely N-dealkylation sites (N-methyl/N-ethyl adjacent to an activating group) is 2. The lowest BCUT2D eigenvalue weighted by molar-refractivity contribution is -0.121. The SMILES string of the molecule is C=C(C)Cn1nc(C2CN(C)CCO2)nc1-c1ccc2c(c1)C(C)(C)C(=O)N2C. The second-order valence-corrected chi connectivity index (χ2v) is 8.75. The van der Waals surface area contributed by atoms with Gasteiger partial charge in [0.25, 0.3) is 0 Å². The molecule has 29 heavy (non-hydrogen) atoms. The molecule has 7 heteroatoms. The quantitative estimate of drug-likeness (QED) is 0.745. The Balaban J connectivity index is 1.77. The lowest BCUT2D eigenvalue weighted by atomic mass is 9.85. The summed E-state index contributed by atoms with van der Waals surface area (Å²) < 4.78 is 7.82. The zero-order valence-electron chi connectivity index (χ0n) is 17.9. The number of carbonyl (C=O) groups is 1. The van der Waals surface area contributed by atoms with E-state index in [0.29, 0.717) is 19.0 Å². The van der Waals surface area contributed by atoms with Gasteiger partial charge in [0.15, 0.2) is 11.6 Å². The fraction of sp³-hybridized carbons (Fsp3) is 0.500. The number of allylic oxidation sites excluding steroid dienone is 1. The van der Waals surface area contributed by atoms with E-state index in [0.717, 1.165) is 41.3 Å². The predicted molar refractivity (Wildman–Crippen MR) is 113 cm³/mol. The van der Waals surface area contributed by atoms with Gasteiger partial charge in [0.05, 0.1) is 18.6 Å². The zero-order valence-corrected chi connectivity index (χ0v) is 17.9. The zero-order chi connectivity index (χ0) is 20.9. The lowest BCUT2D eigenvalue weighted by Crippen LogP contribution is -2.35. The van der Waals surface area contributed by atoms with Crippen LogP contribution in [-0.4, -0.2) is 59.4 Å². The third kappa shape index (κ3) is 3.38. The first kappa shape index (κ1) is 19.8. The van der Waals surface area contributed by atoms with E-state index in [1.54, 1.807) is 4.90 Å². The van der Waals surface area contributed by atoms with Crippen LogP contribution in [0.3, 0.4) is 0 Å². The van der Waals surface area contributed by atoms with Gasteiger partial charge in [-0.05, 0) is 51.6 Å². The molecule has 1 saturated heterocycles. The van der Waals surface area contributed by atoms with Gasteiger partial charge in [0.2, 0.25) is 5.91 Å². The summed E-state index contributed by atoms with van der Waals surface area (Å²) >= 11 is 0. The van der Waals surface area contributed by atoms with E-state index in [-0.39, 0.29) is 12.0 Å². The van der Waals surface area contributed by atoms with Gasteiger partial charge in [0, 0.05) is 31.4 Å². The molecule has 1 unspecified atom stereocenters. The molecule has 0 bridgehead atoms. The largest absolute Gasteiger partial charge is 0.367 e. The second-order valence-electron chi connectivity index (χ2n) is 8.75. The smallest absolute Gasteiger partial charge is 0.236 e. The van der Waals surface area contributed by atoms with Crippen molar-refractivity contribution in [1.29, 1.82) is 0 Å². The van der Waals surface area contributed by atoms with Gasteiger partial charge in [-0.25, -0.2) is 9.67 Å². The lowest BCUT2D eigenvalue weighted by Gasteiger charge is -2.28. The molecule has 7 nitrogen and oxygen atoms in total. The van der Waals surface area contributed by atoms with Gasteiger partial charge in [-0.3, -0.25) is 4.79 Å². The van der Waals surface area contributed by atoms with Gasteiger partial charge in [-0.2, -0.15) is 5.10 Å². The van der Waals surface area contributed by atoms with E-state index in [2.05, 4.69) is 24.6 Å². The number of nitrogens with zero attached hydrogens (tertiary/aromatic N) is 5. The van der Waals surface area contributed by atoms with Crippen LogP contribution in [0.4, 0.5) is 5.69 Å². The molecule has 0 aliphatic carbocycles. The monoisotopic (exact) mass is 395 g/mol. The summed E-state index contributed by atoms with van der Waals surface area (Å²) in [7, 11) is 3.91. The normalized spacial score (nSPS) is 21.5. The second kappa shape index (κ2) is 7.07. The summed E-state index contributed by atoms with van der Waals surface area (Å²) in [5, 5.41) is 4.76. The Labute approximate surface area is 172 Å². The summed E-state index contributed by atoms with van der Waals surface area (Å²) in [4.78, 5) is 21.5. The van der Waals surface area contributed by atoms with E-state index < -0.39 is 5.41 Å². The molecule has 154 valence electrons. The fourth-order valence-electron chi connectivity index (χ4n) is 4.12.